The summed E-state index contributed by atoms with van der Waals surface area (Å²) in [5, 5.41) is 12.7. The second-order valence-electron chi connectivity index (χ2n) is 3.18. The summed E-state index contributed by atoms with van der Waals surface area (Å²) in [6.45, 7) is 1.72. The molecule has 1 heterocycles. The summed E-state index contributed by atoms with van der Waals surface area (Å²) < 4.78 is 2.58. The quantitative estimate of drug-likeness (QED) is 0.855. The second-order valence-corrected chi connectivity index (χ2v) is 4.43. The zero-order valence-electron chi connectivity index (χ0n) is 8.38. The van der Waals surface area contributed by atoms with Gasteiger partial charge in [-0.15, -0.1) is 5.10 Å². The number of carboxylic acids is 1. The van der Waals surface area contributed by atoms with Gasteiger partial charge in [0.05, 0.1) is 5.69 Å². The Morgan fingerprint density at radius 1 is 1.50 bits per heavy atom. The molecule has 2 aromatic rings. The molecule has 0 spiro atoms. The van der Waals surface area contributed by atoms with Gasteiger partial charge in [-0.3, -0.25) is 0 Å². The smallest absolute Gasteiger partial charge is 0.375 e. The van der Waals surface area contributed by atoms with Crippen molar-refractivity contribution < 1.29 is 9.90 Å². The molecule has 1 N–H and O–H groups in total. The molecule has 0 saturated carbocycles. The number of aryl methyl sites for hydroxylation is 1. The number of rotatable bonds is 2. The molecule has 0 radical (unpaired) electrons. The minimum atomic E-state index is -1.12. The molecule has 1 aromatic carbocycles. The number of carbonyl (C=O) groups is 1. The first kappa shape index (κ1) is 11.1. The maximum absolute atomic E-state index is 10.7. The molecule has 16 heavy (non-hydrogen) atoms. The van der Waals surface area contributed by atoms with E-state index in [0.717, 1.165) is 9.26 Å². The fourth-order valence-corrected chi connectivity index (χ4v) is 1.86. The van der Waals surface area contributed by atoms with Gasteiger partial charge in [-0.1, -0.05) is 6.07 Å². The SMILES string of the molecule is Cc1nc(C(=O)O)nn1-c1cccc(I)c1. The molecule has 0 atom stereocenters. The maximum atomic E-state index is 10.7. The lowest BCUT2D eigenvalue weighted by Crippen LogP contribution is -2.02. The summed E-state index contributed by atoms with van der Waals surface area (Å²) in [7, 11) is 0. The number of hydrogen-bond donors (Lipinski definition) is 1. The highest BCUT2D eigenvalue weighted by Crippen LogP contribution is 2.13. The van der Waals surface area contributed by atoms with Gasteiger partial charge < -0.3 is 5.11 Å². The van der Waals surface area contributed by atoms with Crippen LogP contribution in [-0.2, 0) is 0 Å². The molecule has 0 aliphatic heterocycles. The Balaban J connectivity index is 2.52. The molecule has 0 saturated heterocycles. The topological polar surface area (TPSA) is 68.0 Å². The fourth-order valence-electron chi connectivity index (χ4n) is 1.33. The standard InChI is InChI=1S/C10H8IN3O2/c1-6-12-9(10(15)16)13-14(6)8-4-2-3-7(11)5-8/h2-5H,1H3,(H,15,16). The van der Waals surface area contributed by atoms with Crippen LogP contribution in [0.25, 0.3) is 5.69 Å². The Hall–Kier alpha value is -1.44. The van der Waals surface area contributed by atoms with Crippen molar-refractivity contribution in [1.82, 2.24) is 14.8 Å². The van der Waals surface area contributed by atoms with Gasteiger partial charge in [0.25, 0.3) is 5.82 Å². The molecule has 5 nitrogen and oxygen atoms in total. The molecule has 6 heteroatoms. The lowest BCUT2D eigenvalue weighted by atomic mass is 10.3. The average molecular weight is 329 g/mol. The first-order chi connectivity index (χ1) is 7.58. The minimum absolute atomic E-state index is 0.184. The van der Waals surface area contributed by atoms with Crippen molar-refractivity contribution >= 4 is 28.6 Å². The predicted molar refractivity (Wildman–Crippen MR) is 65.8 cm³/mol. The van der Waals surface area contributed by atoms with Gasteiger partial charge in [0, 0.05) is 3.57 Å². The molecule has 0 aliphatic rings. The first-order valence-corrected chi connectivity index (χ1v) is 5.58. The Morgan fingerprint density at radius 3 is 2.81 bits per heavy atom. The maximum Gasteiger partial charge on any atom is 0.375 e. The van der Waals surface area contributed by atoms with Crippen LogP contribution in [0.1, 0.15) is 16.4 Å². The van der Waals surface area contributed by atoms with E-state index in [0.29, 0.717) is 5.82 Å². The van der Waals surface area contributed by atoms with E-state index in [4.69, 9.17) is 5.11 Å². The number of aromatic nitrogens is 3. The van der Waals surface area contributed by atoms with Crippen molar-refractivity contribution in [3.05, 3.63) is 39.5 Å². The third kappa shape index (κ3) is 2.06. The van der Waals surface area contributed by atoms with Crippen molar-refractivity contribution in [2.45, 2.75) is 6.92 Å². The van der Waals surface area contributed by atoms with Gasteiger partial charge in [0.1, 0.15) is 5.82 Å². The van der Waals surface area contributed by atoms with Crippen LogP contribution >= 0.6 is 22.6 Å². The van der Waals surface area contributed by atoms with E-state index in [-0.39, 0.29) is 5.82 Å². The number of benzene rings is 1. The van der Waals surface area contributed by atoms with Crippen molar-refractivity contribution in [2.75, 3.05) is 0 Å². The lowest BCUT2D eigenvalue weighted by molar-refractivity contribution is 0.0683. The molecular formula is C10H8IN3O2. The van der Waals surface area contributed by atoms with Crippen LogP contribution in [-0.4, -0.2) is 25.8 Å². The summed E-state index contributed by atoms with van der Waals surface area (Å²) >= 11 is 2.19. The van der Waals surface area contributed by atoms with Crippen molar-refractivity contribution in [3.8, 4) is 5.69 Å². The summed E-state index contributed by atoms with van der Waals surface area (Å²) in [5.74, 6) is -0.747. The lowest BCUT2D eigenvalue weighted by Gasteiger charge is -2.02. The largest absolute Gasteiger partial charge is 0.475 e. The summed E-state index contributed by atoms with van der Waals surface area (Å²) in [4.78, 5) is 14.6. The predicted octanol–water partition coefficient (Wildman–Crippen LogP) is 1.88. The number of carboxylic acid groups (broad SMARTS) is 1. The van der Waals surface area contributed by atoms with E-state index in [1.54, 1.807) is 6.92 Å². The Labute approximate surface area is 105 Å². The third-order valence-corrected chi connectivity index (χ3v) is 2.68. The molecule has 0 bridgehead atoms. The van der Waals surface area contributed by atoms with Gasteiger partial charge in [0.2, 0.25) is 0 Å². The van der Waals surface area contributed by atoms with Crippen LogP contribution in [0.5, 0.6) is 0 Å². The van der Waals surface area contributed by atoms with E-state index >= 15 is 0 Å². The van der Waals surface area contributed by atoms with E-state index in [9.17, 15) is 4.79 Å². The van der Waals surface area contributed by atoms with E-state index in [2.05, 4.69) is 32.7 Å². The van der Waals surface area contributed by atoms with Crippen molar-refractivity contribution in [1.29, 1.82) is 0 Å². The molecule has 0 unspecified atom stereocenters. The molecule has 1 aromatic heterocycles. The average Bonchev–Trinajstić information content (AvgIpc) is 2.60. The molecule has 82 valence electrons. The van der Waals surface area contributed by atoms with Gasteiger partial charge in [0.15, 0.2) is 0 Å². The van der Waals surface area contributed by atoms with Gasteiger partial charge in [-0.2, -0.15) is 0 Å². The summed E-state index contributed by atoms with van der Waals surface area (Å²) in [6.07, 6.45) is 0. The fraction of sp³-hybridized carbons (Fsp3) is 0.100. The Morgan fingerprint density at radius 2 is 2.25 bits per heavy atom. The highest BCUT2D eigenvalue weighted by atomic mass is 127. The highest BCUT2D eigenvalue weighted by Gasteiger charge is 2.13. The first-order valence-electron chi connectivity index (χ1n) is 4.51. The Kier molecular flexibility index (Phi) is 2.90. The van der Waals surface area contributed by atoms with Crippen LogP contribution in [0.3, 0.4) is 0 Å². The van der Waals surface area contributed by atoms with Crippen LogP contribution in [0.15, 0.2) is 24.3 Å². The normalized spacial score (nSPS) is 10.4. The number of halogens is 1. The van der Waals surface area contributed by atoms with Crippen molar-refractivity contribution in [2.24, 2.45) is 0 Å². The monoisotopic (exact) mass is 329 g/mol. The zero-order chi connectivity index (χ0) is 11.7. The number of aromatic carboxylic acids is 1. The van der Waals surface area contributed by atoms with Crippen LogP contribution in [0, 0.1) is 10.5 Å². The number of hydrogen-bond acceptors (Lipinski definition) is 3. The van der Waals surface area contributed by atoms with E-state index in [1.165, 1.54) is 4.68 Å². The summed E-state index contributed by atoms with van der Waals surface area (Å²) in [5.41, 5.74) is 0.810. The summed E-state index contributed by atoms with van der Waals surface area (Å²) in [6, 6.07) is 7.61. The van der Waals surface area contributed by atoms with Gasteiger partial charge in [-0.05, 0) is 47.7 Å². The Bertz CT molecular complexity index is 551. The van der Waals surface area contributed by atoms with Crippen molar-refractivity contribution in [3.63, 3.8) is 0 Å². The molecule has 0 amide bonds. The van der Waals surface area contributed by atoms with E-state index in [1.807, 2.05) is 24.3 Å². The zero-order valence-corrected chi connectivity index (χ0v) is 10.5. The molecule has 0 aliphatic carbocycles. The van der Waals surface area contributed by atoms with Gasteiger partial charge in [-0.25, -0.2) is 14.5 Å². The minimum Gasteiger partial charge on any atom is -0.475 e. The third-order valence-electron chi connectivity index (χ3n) is 2.01. The van der Waals surface area contributed by atoms with Gasteiger partial charge >= 0.3 is 5.97 Å². The highest BCUT2D eigenvalue weighted by molar-refractivity contribution is 14.1. The molecule has 2 rings (SSSR count). The van der Waals surface area contributed by atoms with Crippen LogP contribution in [0.2, 0.25) is 0 Å². The van der Waals surface area contributed by atoms with E-state index < -0.39 is 5.97 Å². The number of nitrogens with zero attached hydrogens (tertiary/aromatic N) is 3. The molecule has 0 fully saturated rings. The van der Waals surface area contributed by atoms with Crippen LogP contribution < -0.4 is 0 Å². The van der Waals surface area contributed by atoms with Crippen LogP contribution in [0.4, 0.5) is 0 Å². The molecular weight excluding hydrogens is 321 g/mol. The second kappa shape index (κ2) is 4.20.